The van der Waals surface area contributed by atoms with E-state index in [1.165, 1.54) is 12.3 Å². The standard InChI is InChI=1S/C11H13FN4O/c12-11-2-1-10(7-14-11)13-5-9-6-15-16(8-9)3-4-17/h1-2,6-8,13,17H,3-5H2. The van der Waals surface area contributed by atoms with Crippen LogP contribution >= 0.6 is 0 Å². The summed E-state index contributed by atoms with van der Waals surface area (Å²) in [6, 6.07) is 2.93. The predicted molar refractivity (Wildman–Crippen MR) is 60.8 cm³/mol. The zero-order valence-electron chi connectivity index (χ0n) is 9.17. The first-order valence-electron chi connectivity index (χ1n) is 5.25. The Morgan fingerprint density at radius 3 is 2.94 bits per heavy atom. The molecule has 0 amide bonds. The minimum Gasteiger partial charge on any atom is -0.394 e. The van der Waals surface area contributed by atoms with Crippen LogP contribution in [0.25, 0.3) is 0 Å². The average Bonchev–Trinajstić information content (AvgIpc) is 2.77. The molecule has 2 aromatic rings. The summed E-state index contributed by atoms with van der Waals surface area (Å²) in [4.78, 5) is 3.54. The fourth-order valence-corrected chi connectivity index (χ4v) is 1.41. The summed E-state index contributed by atoms with van der Waals surface area (Å²) in [5.74, 6) is -0.494. The molecule has 90 valence electrons. The van der Waals surface area contributed by atoms with Gasteiger partial charge < -0.3 is 10.4 Å². The maximum Gasteiger partial charge on any atom is 0.212 e. The molecule has 5 nitrogen and oxygen atoms in total. The Labute approximate surface area is 97.9 Å². The third-order valence-electron chi connectivity index (χ3n) is 2.24. The fraction of sp³-hybridized carbons (Fsp3) is 0.273. The SMILES string of the molecule is OCCn1cc(CNc2ccc(F)nc2)cn1. The molecule has 17 heavy (non-hydrogen) atoms. The number of nitrogens with one attached hydrogen (secondary N) is 1. The molecule has 2 rings (SSSR count). The molecule has 0 aromatic carbocycles. The van der Waals surface area contributed by atoms with Crippen molar-refractivity contribution in [2.75, 3.05) is 11.9 Å². The second-order valence-corrected chi connectivity index (χ2v) is 3.56. The van der Waals surface area contributed by atoms with E-state index in [2.05, 4.69) is 15.4 Å². The Hall–Kier alpha value is -1.95. The van der Waals surface area contributed by atoms with Gasteiger partial charge in [0.05, 0.1) is 31.2 Å². The minimum absolute atomic E-state index is 0.0659. The van der Waals surface area contributed by atoms with Crippen LogP contribution in [0.4, 0.5) is 10.1 Å². The van der Waals surface area contributed by atoms with Crippen LogP contribution in [-0.2, 0) is 13.1 Å². The van der Waals surface area contributed by atoms with Crippen LogP contribution < -0.4 is 5.32 Å². The van der Waals surface area contributed by atoms with E-state index in [1.807, 2.05) is 6.20 Å². The normalized spacial score (nSPS) is 10.5. The van der Waals surface area contributed by atoms with Crippen molar-refractivity contribution in [1.82, 2.24) is 14.8 Å². The number of halogens is 1. The van der Waals surface area contributed by atoms with Crippen molar-refractivity contribution in [1.29, 1.82) is 0 Å². The van der Waals surface area contributed by atoms with Gasteiger partial charge in [-0.25, -0.2) is 4.98 Å². The number of hydrogen-bond donors (Lipinski definition) is 2. The summed E-state index contributed by atoms with van der Waals surface area (Å²) in [6.45, 7) is 1.13. The Kier molecular flexibility index (Phi) is 3.66. The number of aromatic nitrogens is 3. The van der Waals surface area contributed by atoms with E-state index in [0.717, 1.165) is 11.3 Å². The smallest absolute Gasteiger partial charge is 0.212 e. The zero-order chi connectivity index (χ0) is 12.1. The highest BCUT2D eigenvalue weighted by Crippen LogP contribution is 2.07. The molecule has 0 saturated carbocycles. The van der Waals surface area contributed by atoms with Crippen molar-refractivity contribution in [2.24, 2.45) is 0 Å². The van der Waals surface area contributed by atoms with Crippen LogP contribution in [0.5, 0.6) is 0 Å². The highest BCUT2D eigenvalue weighted by molar-refractivity contribution is 5.40. The van der Waals surface area contributed by atoms with Gasteiger partial charge >= 0.3 is 0 Å². The third-order valence-corrected chi connectivity index (χ3v) is 2.24. The summed E-state index contributed by atoms with van der Waals surface area (Å²) in [5.41, 5.74) is 1.74. The molecule has 0 atom stereocenters. The summed E-state index contributed by atoms with van der Waals surface area (Å²) >= 11 is 0. The number of pyridine rings is 1. The molecule has 0 aliphatic carbocycles. The first-order valence-corrected chi connectivity index (χ1v) is 5.25. The van der Waals surface area contributed by atoms with Crippen LogP contribution in [-0.4, -0.2) is 26.5 Å². The van der Waals surface area contributed by atoms with E-state index in [9.17, 15) is 4.39 Å². The van der Waals surface area contributed by atoms with E-state index in [-0.39, 0.29) is 6.61 Å². The highest BCUT2D eigenvalue weighted by Gasteiger charge is 1.99. The maximum atomic E-state index is 12.6. The van der Waals surface area contributed by atoms with Crippen molar-refractivity contribution < 1.29 is 9.50 Å². The first-order chi connectivity index (χ1) is 8.28. The van der Waals surface area contributed by atoms with E-state index in [0.29, 0.717) is 13.1 Å². The van der Waals surface area contributed by atoms with Crippen LogP contribution in [0, 0.1) is 5.95 Å². The minimum atomic E-state index is -0.494. The molecule has 0 fully saturated rings. The van der Waals surface area contributed by atoms with Gasteiger partial charge in [-0.1, -0.05) is 0 Å². The van der Waals surface area contributed by atoms with Gasteiger partial charge in [0.15, 0.2) is 0 Å². The molecule has 0 aliphatic heterocycles. The number of anilines is 1. The van der Waals surface area contributed by atoms with Gasteiger partial charge in [-0.3, -0.25) is 4.68 Å². The number of rotatable bonds is 5. The highest BCUT2D eigenvalue weighted by atomic mass is 19.1. The Balaban J connectivity index is 1.90. The summed E-state index contributed by atoms with van der Waals surface area (Å²) < 4.78 is 14.2. The largest absolute Gasteiger partial charge is 0.394 e. The second kappa shape index (κ2) is 5.40. The molecule has 0 aliphatic rings. The number of nitrogens with zero attached hydrogens (tertiary/aromatic N) is 3. The Morgan fingerprint density at radius 2 is 2.24 bits per heavy atom. The van der Waals surface area contributed by atoms with E-state index in [4.69, 9.17) is 5.11 Å². The van der Waals surface area contributed by atoms with Crippen molar-refractivity contribution in [3.05, 3.63) is 42.2 Å². The molecule has 2 aromatic heterocycles. The van der Waals surface area contributed by atoms with Gasteiger partial charge in [0.25, 0.3) is 0 Å². The fourth-order valence-electron chi connectivity index (χ4n) is 1.41. The molecule has 0 spiro atoms. The van der Waals surface area contributed by atoms with E-state index < -0.39 is 5.95 Å². The van der Waals surface area contributed by atoms with Crippen molar-refractivity contribution in [3.63, 3.8) is 0 Å². The van der Waals surface area contributed by atoms with Gasteiger partial charge in [0.2, 0.25) is 5.95 Å². The van der Waals surface area contributed by atoms with Gasteiger partial charge in [-0.2, -0.15) is 9.49 Å². The van der Waals surface area contributed by atoms with Crippen molar-refractivity contribution in [3.8, 4) is 0 Å². The molecule has 0 saturated heterocycles. The Morgan fingerprint density at radius 1 is 1.35 bits per heavy atom. The Bertz CT molecular complexity index is 469. The predicted octanol–water partition coefficient (Wildman–Crippen LogP) is 1.02. The van der Waals surface area contributed by atoms with Crippen molar-refractivity contribution in [2.45, 2.75) is 13.1 Å². The zero-order valence-corrected chi connectivity index (χ0v) is 9.17. The molecular weight excluding hydrogens is 223 g/mol. The second-order valence-electron chi connectivity index (χ2n) is 3.56. The number of aliphatic hydroxyl groups is 1. The lowest BCUT2D eigenvalue weighted by Crippen LogP contribution is -2.02. The molecule has 0 bridgehead atoms. The van der Waals surface area contributed by atoms with Gasteiger partial charge in [0, 0.05) is 18.3 Å². The topological polar surface area (TPSA) is 63.0 Å². The first kappa shape index (κ1) is 11.5. The third kappa shape index (κ3) is 3.25. The number of aliphatic hydroxyl groups excluding tert-OH is 1. The van der Waals surface area contributed by atoms with Gasteiger partial charge in [0.1, 0.15) is 0 Å². The van der Waals surface area contributed by atoms with E-state index in [1.54, 1.807) is 16.9 Å². The van der Waals surface area contributed by atoms with Gasteiger partial charge in [-0.05, 0) is 12.1 Å². The lowest BCUT2D eigenvalue weighted by atomic mass is 10.3. The molecule has 0 unspecified atom stereocenters. The average molecular weight is 236 g/mol. The summed E-state index contributed by atoms with van der Waals surface area (Å²) in [7, 11) is 0. The summed E-state index contributed by atoms with van der Waals surface area (Å²) in [6.07, 6.45) is 5.01. The van der Waals surface area contributed by atoms with Crippen LogP contribution in [0.2, 0.25) is 0 Å². The van der Waals surface area contributed by atoms with Crippen LogP contribution in [0.3, 0.4) is 0 Å². The lowest BCUT2D eigenvalue weighted by molar-refractivity contribution is 0.269. The monoisotopic (exact) mass is 236 g/mol. The molecule has 0 radical (unpaired) electrons. The molecule has 6 heteroatoms. The summed E-state index contributed by atoms with van der Waals surface area (Å²) in [5, 5.41) is 15.9. The van der Waals surface area contributed by atoms with E-state index >= 15 is 0 Å². The molecule has 2 heterocycles. The van der Waals surface area contributed by atoms with Gasteiger partial charge in [-0.15, -0.1) is 0 Å². The maximum absolute atomic E-state index is 12.6. The number of hydrogen-bond acceptors (Lipinski definition) is 4. The molecular formula is C11H13FN4O. The van der Waals surface area contributed by atoms with Crippen molar-refractivity contribution >= 4 is 5.69 Å². The lowest BCUT2D eigenvalue weighted by Gasteiger charge is -2.03. The quantitative estimate of drug-likeness (QED) is 0.761. The van der Waals surface area contributed by atoms with Crippen LogP contribution in [0.15, 0.2) is 30.7 Å². The molecule has 2 N–H and O–H groups in total. The van der Waals surface area contributed by atoms with Crippen LogP contribution in [0.1, 0.15) is 5.56 Å².